The number of urea groups is 1. The van der Waals surface area contributed by atoms with Gasteiger partial charge in [-0.2, -0.15) is 4.36 Å². The summed E-state index contributed by atoms with van der Waals surface area (Å²) in [7, 11) is -2.48. The lowest BCUT2D eigenvalue weighted by molar-refractivity contribution is -0.116. The highest BCUT2D eigenvalue weighted by atomic mass is 32.2. The average molecular weight is 319 g/mol. The molecule has 7 nitrogen and oxygen atoms in total. The van der Waals surface area contributed by atoms with Crippen molar-refractivity contribution in [3.8, 4) is 0 Å². The molecule has 1 atom stereocenters. The second kappa shape index (κ2) is 7.74. The van der Waals surface area contributed by atoms with E-state index in [9.17, 15) is 13.8 Å². The van der Waals surface area contributed by atoms with Gasteiger partial charge in [-0.15, -0.1) is 0 Å². The summed E-state index contributed by atoms with van der Waals surface area (Å²) < 4.78 is 20.3. The second-order valence-electron chi connectivity index (χ2n) is 5.88. The molecule has 1 fully saturated rings. The molecule has 0 spiro atoms. The molecule has 122 valence electrons. The van der Waals surface area contributed by atoms with Gasteiger partial charge in [-0.1, -0.05) is 13.8 Å². The highest BCUT2D eigenvalue weighted by Crippen LogP contribution is 2.15. The first-order valence-corrected chi connectivity index (χ1v) is 9.34. The minimum Gasteiger partial charge on any atom is -0.377 e. The maximum atomic E-state index is 12.2. The van der Waals surface area contributed by atoms with E-state index in [1.54, 1.807) is 4.90 Å². The molecule has 1 saturated heterocycles. The molecule has 1 rings (SSSR count). The Balaban J connectivity index is 2.56. The van der Waals surface area contributed by atoms with E-state index in [4.69, 9.17) is 4.74 Å². The quantitative estimate of drug-likeness (QED) is 0.826. The molecule has 0 radical (unpaired) electrons. The topological polar surface area (TPSA) is 88.1 Å². The van der Waals surface area contributed by atoms with Crippen molar-refractivity contribution in [3.63, 3.8) is 0 Å². The summed E-state index contributed by atoms with van der Waals surface area (Å²) in [5.41, 5.74) is 0. The Bertz CT molecular complexity index is 490. The molecule has 0 bridgehead atoms. The molecule has 0 unspecified atom stereocenters. The summed E-state index contributed by atoms with van der Waals surface area (Å²) in [5.74, 6) is -0.125. The second-order valence-corrected chi connectivity index (χ2v) is 8.42. The number of rotatable bonds is 4. The largest absolute Gasteiger partial charge is 0.377 e. The van der Waals surface area contributed by atoms with Gasteiger partial charge in [-0.05, 0) is 12.3 Å². The van der Waals surface area contributed by atoms with Crippen LogP contribution in [0.1, 0.15) is 20.3 Å². The predicted octanol–water partition coefficient (Wildman–Crippen LogP) is 0.697. The minimum atomic E-state index is -2.48. The van der Waals surface area contributed by atoms with Gasteiger partial charge in [-0.25, -0.2) is 9.00 Å². The first kappa shape index (κ1) is 17.9. The Morgan fingerprint density at radius 1 is 1.43 bits per heavy atom. The summed E-state index contributed by atoms with van der Waals surface area (Å²) in [6.07, 6.45) is 3.62. The standard InChI is InChI=1S/C13H25N3O4S/c1-10(2)7-11-9-20-6-5-16(11)13(18)14-8-12(17)15-21(3,4)19/h10-11H,5-9H2,1-4H3,(H,14,18)/t11-/m0/s1. The van der Waals surface area contributed by atoms with Gasteiger partial charge in [-0.3, -0.25) is 4.79 Å². The van der Waals surface area contributed by atoms with E-state index in [1.165, 1.54) is 12.5 Å². The monoisotopic (exact) mass is 319 g/mol. The van der Waals surface area contributed by atoms with E-state index >= 15 is 0 Å². The lowest BCUT2D eigenvalue weighted by Gasteiger charge is -2.36. The molecule has 1 aliphatic rings. The molecule has 0 saturated carbocycles. The van der Waals surface area contributed by atoms with Crippen molar-refractivity contribution < 1.29 is 18.5 Å². The lowest BCUT2D eigenvalue weighted by atomic mass is 10.0. The first-order valence-electron chi connectivity index (χ1n) is 7.01. The van der Waals surface area contributed by atoms with E-state index in [0.29, 0.717) is 25.7 Å². The van der Waals surface area contributed by atoms with Gasteiger partial charge in [0, 0.05) is 28.8 Å². The molecule has 1 heterocycles. The average Bonchev–Trinajstić information content (AvgIpc) is 2.34. The van der Waals surface area contributed by atoms with E-state index in [1.807, 2.05) is 0 Å². The van der Waals surface area contributed by atoms with Crippen molar-refractivity contribution in [2.75, 3.05) is 38.8 Å². The third-order valence-electron chi connectivity index (χ3n) is 2.94. The lowest BCUT2D eigenvalue weighted by Crippen LogP contribution is -2.53. The fraction of sp³-hybridized carbons (Fsp3) is 0.846. The number of ether oxygens (including phenoxy) is 1. The van der Waals surface area contributed by atoms with E-state index in [2.05, 4.69) is 23.5 Å². The van der Waals surface area contributed by atoms with Gasteiger partial charge in [0.05, 0.1) is 19.3 Å². The Morgan fingerprint density at radius 3 is 2.67 bits per heavy atom. The molecule has 0 aromatic rings. The van der Waals surface area contributed by atoms with Crippen molar-refractivity contribution in [3.05, 3.63) is 0 Å². The SMILES string of the molecule is CC(C)C[C@H]1COCCN1C(=O)NCC(=O)N=S(C)(C)=O. The van der Waals surface area contributed by atoms with Gasteiger partial charge in [0.25, 0.3) is 5.91 Å². The molecule has 21 heavy (non-hydrogen) atoms. The van der Waals surface area contributed by atoms with Crippen LogP contribution in [-0.4, -0.2) is 65.9 Å². The van der Waals surface area contributed by atoms with E-state index in [0.717, 1.165) is 6.42 Å². The predicted molar refractivity (Wildman–Crippen MR) is 81.6 cm³/mol. The summed E-state index contributed by atoms with van der Waals surface area (Å²) in [4.78, 5) is 25.4. The summed E-state index contributed by atoms with van der Waals surface area (Å²) >= 11 is 0. The van der Waals surface area contributed by atoms with Crippen LogP contribution in [0, 0.1) is 5.92 Å². The summed E-state index contributed by atoms with van der Waals surface area (Å²) in [6.45, 7) is 5.47. The number of carbonyl (C=O) groups is 2. The van der Waals surface area contributed by atoms with Crippen LogP contribution < -0.4 is 5.32 Å². The number of morpholine rings is 1. The maximum Gasteiger partial charge on any atom is 0.318 e. The van der Waals surface area contributed by atoms with Crippen LogP contribution in [0.25, 0.3) is 0 Å². The van der Waals surface area contributed by atoms with Crippen LogP contribution in [-0.2, 0) is 19.3 Å². The molecular weight excluding hydrogens is 294 g/mol. The summed E-state index contributed by atoms with van der Waals surface area (Å²) in [6, 6.07) is -0.279. The molecule has 1 N–H and O–H groups in total. The highest BCUT2D eigenvalue weighted by molar-refractivity contribution is 7.92. The van der Waals surface area contributed by atoms with Crippen LogP contribution in [0.3, 0.4) is 0 Å². The van der Waals surface area contributed by atoms with Crippen molar-refractivity contribution in [2.24, 2.45) is 10.3 Å². The van der Waals surface area contributed by atoms with Crippen molar-refractivity contribution in [1.29, 1.82) is 0 Å². The minimum absolute atomic E-state index is 0.0207. The Labute approximate surface area is 126 Å². The van der Waals surface area contributed by atoms with Gasteiger partial charge in [0.15, 0.2) is 0 Å². The van der Waals surface area contributed by atoms with E-state index < -0.39 is 15.6 Å². The van der Waals surface area contributed by atoms with Gasteiger partial charge in [0.2, 0.25) is 0 Å². The molecule has 3 amide bonds. The van der Waals surface area contributed by atoms with Crippen LogP contribution >= 0.6 is 0 Å². The third kappa shape index (κ3) is 6.90. The number of nitrogens with zero attached hydrogens (tertiary/aromatic N) is 2. The van der Waals surface area contributed by atoms with Gasteiger partial charge >= 0.3 is 6.03 Å². The summed E-state index contributed by atoms with van der Waals surface area (Å²) in [5, 5.41) is 2.54. The third-order valence-corrected chi connectivity index (χ3v) is 3.59. The molecule has 0 aromatic heterocycles. The Kier molecular flexibility index (Phi) is 6.60. The fourth-order valence-electron chi connectivity index (χ4n) is 2.19. The highest BCUT2D eigenvalue weighted by Gasteiger charge is 2.27. The molecular formula is C13H25N3O4S. The van der Waals surface area contributed by atoms with Gasteiger partial charge in [0.1, 0.15) is 6.54 Å². The zero-order valence-corrected chi connectivity index (χ0v) is 13.9. The fourth-order valence-corrected chi connectivity index (χ4v) is 2.75. The van der Waals surface area contributed by atoms with Crippen LogP contribution in [0.4, 0.5) is 4.79 Å². The van der Waals surface area contributed by atoms with Crippen molar-refractivity contribution in [1.82, 2.24) is 10.2 Å². The molecule has 8 heteroatoms. The number of hydrogen-bond donors (Lipinski definition) is 1. The molecule has 0 aromatic carbocycles. The van der Waals surface area contributed by atoms with E-state index in [-0.39, 0.29) is 18.6 Å². The van der Waals surface area contributed by atoms with Crippen molar-refractivity contribution in [2.45, 2.75) is 26.3 Å². The number of amides is 3. The van der Waals surface area contributed by atoms with Crippen molar-refractivity contribution >= 4 is 21.7 Å². The number of nitrogens with one attached hydrogen (secondary N) is 1. The smallest absolute Gasteiger partial charge is 0.318 e. The Morgan fingerprint density at radius 2 is 2.10 bits per heavy atom. The zero-order valence-electron chi connectivity index (χ0n) is 13.1. The normalized spacial score (nSPS) is 19.5. The first-order chi connectivity index (χ1) is 9.69. The molecule has 0 aliphatic carbocycles. The van der Waals surface area contributed by atoms with Crippen LogP contribution in [0.5, 0.6) is 0 Å². The maximum absolute atomic E-state index is 12.2. The zero-order chi connectivity index (χ0) is 16.0. The number of hydrogen-bond acceptors (Lipinski definition) is 4. The number of carbonyl (C=O) groups excluding carboxylic acids is 2. The Hall–Kier alpha value is -1.15. The van der Waals surface area contributed by atoms with Gasteiger partial charge < -0.3 is 15.0 Å². The van der Waals surface area contributed by atoms with Crippen LogP contribution in [0.15, 0.2) is 4.36 Å². The van der Waals surface area contributed by atoms with Crippen LogP contribution in [0.2, 0.25) is 0 Å². The molecule has 1 aliphatic heterocycles.